The van der Waals surface area contributed by atoms with Crippen LogP contribution in [0, 0.1) is 6.92 Å². The maximum absolute atomic E-state index is 5.92. The molecule has 2 aromatic rings. The fraction of sp³-hybridized carbons (Fsp3) is 0.143. The predicted molar refractivity (Wildman–Crippen MR) is 69.8 cm³/mol. The molecule has 0 bridgehead atoms. The van der Waals surface area contributed by atoms with E-state index in [0.29, 0.717) is 5.02 Å². The SMILES string of the molecule is Cc1cccc(Cc2ccc(Cl)cc2N)c1. The van der Waals surface area contributed by atoms with Crippen LogP contribution in [-0.4, -0.2) is 0 Å². The lowest BCUT2D eigenvalue weighted by Gasteiger charge is -2.06. The molecule has 2 aromatic carbocycles. The molecule has 0 saturated heterocycles. The highest BCUT2D eigenvalue weighted by Gasteiger charge is 2.01. The maximum atomic E-state index is 5.92. The summed E-state index contributed by atoms with van der Waals surface area (Å²) in [5, 5.41) is 0.686. The van der Waals surface area contributed by atoms with E-state index < -0.39 is 0 Å². The average Bonchev–Trinajstić information content (AvgIpc) is 2.22. The molecule has 2 rings (SSSR count). The van der Waals surface area contributed by atoms with Crippen LogP contribution in [0.4, 0.5) is 5.69 Å². The van der Waals surface area contributed by atoms with Crippen LogP contribution in [0.2, 0.25) is 5.02 Å². The number of benzene rings is 2. The van der Waals surface area contributed by atoms with E-state index in [4.69, 9.17) is 17.3 Å². The molecule has 82 valence electrons. The van der Waals surface area contributed by atoms with E-state index in [9.17, 15) is 0 Å². The Morgan fingerprint density at radius 2 is 1.94 bits per heavy atom. The Morgan fingerprint density at radius 3 is 2.62 bits per heavy atom. The van der Waals surface area contributed by atoms with Gasteiger partial charge >= 0.3 is 0 Å². The molecule has 0 aromatic heterocycles. The Balaban J connectivity index is 2.27. The second kappa shape index (κ2) is 4.58. The van der Waals surface area contributed by atoms with E-state index in [1.807, 2.05) is 12.1 Å². The molecule has 1 nitrogen and oxygen atoms in total. The third-order valence-electron chi connectivity index (χ3n) is 2.58. The van der Waals surface area contributed by atoms with Crippen molar-refractivity contribution < 1.29 is 0 Å². The van der Waals surface area contributed by atoms with Crippen LogP contribution in [0.25, 0.3) is 0 Å². The van der Waals surface area contributed by atoms with Crippen LogP contribution in [0.1, 0.15) is 16.7 Å². The van der Waals surface area contributed by atoms with Crippen molar-refractivity contribution in [2.24, 2.45) is 0 Å². The van der Waals surface area contributed by atoms with Gasteiger partial charge in [-0.25, -0.2) is 0 Å². The minimum atomic E-state index is 0.686. The number of hydrogen-bond donors (Lipinski definition) is 1. The van der Waals surface area contributed by atoms with Crippen LogP contribution in [0.15, 0.2) is 42.5 Å². The molecule has 0 spiro atoms. The number of aryl methyl sites for hydroxylation is 1. The van der Waals surface area contributed by atoms with Crippen molar-refractivity contribution in [1.29, 1.82) is 0 Å². The normalized spacial score (nSPS) is 10.4. The molecule has 0 atom stereocenters. The second-order valence-electron chi connectivity index (χ2n) is 4.01. The van der Waals surface area contributed by atoms with E-state index in [1.54, 1.807) is 6.07 Å². The molecule has 0 radical (unpaired) electrons. The van der Waals surface area contributed by atoms with E-state index >= 15 is 0 Å². The Kier molecular flexibility index (Phi) is 3.16. The molecular weight excluding hydrogens is 218 g/mol. The van der Waals surface area contributed by atoms with Crippen molar-refractivity contribution in [2.45, 2.75) is 13.3 Å². The van der Waals surface area contributed by atoms with Gasteiger partial charge in [0.05, 0.1) is 0 Å². The van der Waals surface area contributed by atoms with Gasteiger partial charge in [-0.1, -0.05) is 47.5 Å². The van der Waals surface area contributed by atoms with E-state index in [0.717, 1.165) is 17.7 Å². The highest BCUT2D eigenvalue weighted by atomic mass is 35.5. The first-order valence-electron chi connectivity index (χ1n) is 5.24. The highest BCUT2D eigenvalue weighted by Crippen LogP contribution is 2.21. The Hall–Kier alpha value is -1.47. The molecule has 0 aliphatic carbocycles. The van der Waals surface area contributed by atoms with Crippen LogP contribution >= 0.6 is 11.6 Å². The van der Waals surface area contributed by atoms with Crippen LogP contribution in [0.5, 0.6) is 0 Å². The molecule has 2 N–H and O–H groups in total. The number of hydrogen-bond acceptors (Lipinski definition) is 1. The number of nitrogens with two attached hydrogens (primary N) is 1. The molecule has 0 heterocycles. The van der Waals surface area contributed by atoms with Crippen molar-refractivity contribution in [3.05, 3.63) is 64.2 Å². The minimum Gasteiger partial charge on any atom is -0.398 e. The fourth-order valence-corrected chi connectivity index (χ4v) is 1.95. The molecule has 0 aliphatic rings. The van der Waals surface area contributed by atoms with Gasteiger partial charge in [-0.3, -0.25) is 0 Å². The largest absolute Gasteiger partial charge is 0.398 e. The first kappa shape index (κ1) is 11.0. The van der Waals surface area contributed by atoms with Gasteiger partial charge in [-0.2, -0.15) is 0 Å². The standard InChI is InChI=1S/C14H14ClN/c1-10-3-2-4-11(7-10)8-12-5-6-13(15)9-14(12)16/h2-7,9H,8,16H2,1H3. The third kappa shape index (κ3) is 2.56. The second-order valence-corrected chi connectivity index (χ2v) is 4.45. The summed E-state index contributed by atoms with van der Waals surface area (Å²) in [6, 6.07) is 14.1. The minimum absolute atomic E-state index is 0.686. The first-order chi connectivity index (χ1) is 7.65. The van der Waals surface area contributed by atoms with Crippen molar-refractivity contribution in [3.63, 3.8) is 0 Å². The monoisotopic (exact) mass is 231 g/mol. The Labute approximate surface area is 101 Å². The molecule has 0 amide bonds. The maximum Gasteiger partial charge on any atom is 0.0426 e. The van der Waals surface area contributed by atoms with Crippen molar-refractivity contribution >= 4 is 17.3 Å². The smallest absolute Gasteiger partial charge is 0.0426 e. The quantitative estimate of drug-likeness (QED) is 0.782. The van der Waals surface area contributed by atoms with Gasteiger partial charge in [-0.05, 0) is 36.6 Å². The molecule has 16 heavy (non-hydrogen) atoms. The van der Waals surface area contributed by atoms with Gasteiger partial charge in [-0.15, -0.1) is 0 Å². The zero-order valence-corrected chi connectivity index (χ0v) is 9.96. The predicted octanol–water partition coefficient (Wildman–Crippen LogP) is 3.82. The molecule has 0 saturated carbocycles. The van der Waals surface area contributed by atoms with E-state index in [-0.39, 0.29) is 0 Å². The van der Waals surface area contributed by atoms with Crippen LogP contribution in [0.3, 0.4) is 0 Å². The molecule has 0 aliphatic heterocycles. The zero-order valence-electron chi connectivity index (χ0n) is 9.20. The molecule has 0 unspecified atom stereocenters. The zero-order chi connectivity index (χ0) is 11.5. The van der Waals surface area contributed by atoms with Crippen molar-refractivity contribution in [3.8, 4) is 0 Å². The highest BCUT2D eigenvalue weighted by molar-refractivity contribution is 6.30. The lowest BCUT2D eigenvalue weighted by atomic mass is 10.0. The summed E-state index contributed by atoms with van der Waals surface area (Å²) in [7, 11) is 0. The van der Waals surface area contributed by atoms with Gasteiger partial charge in [0.15, 0.2) is 0 Å². The summed E-state index contributed by atoms with van der Waals surface area (Å²) < 4.78 is 0. The fourth-order valence-electron chi connectivity index (χ4n) is 1.77. The Bertz CT molecular complexity index is 506. The average molecular weight is 232 g/mol. The summed E-state index contributed by atoms with van der Waals surface area (Å²) >= 11 is 5.87. The number of anilines is 1. The summed E-state index contributed by atoms with van der Waals surface area (Å²) in [6.45, 7) is 2.09. The molecule has 0 fully saturated rings. The van der Waals surface area contributed by atoms with Gasteiger partial charge in [0.25, 0.3) is 0 Å². The van der Waals surface area contributed by atoms with Crippen LogP contribution in [-0.2, 0) is 6.42 Å². The van der Waals surface area contributed by atoms with Gasteiger partial charge < -0.3 is 5.73 Å². The summed E-state index contributed by atoms with van der Waals surface area (Å²) in [6.07, 6.45) is 0.852. The summed E-state index contributed by atoms with van der Waals surface area (Å²) in [5.41, 5.74) is 10.3. The van der Waals surface area contributed by atoms with Crippen molar-refractivity contribution in [2.75, 3.05) is 5.73 Å². The van der Waals surface area contributed by atoms with Crippen molar-refractivity contribution in [1.82, 2.24) is 0 Å². The lowest BCUT2D eigenvalue weighted by Crippen LogP contribution is -1.95. The number of halogens is 1. The first-order valence-corrected chi connectivity index (χ1v) is 5.62. The summed E-state index contributed by atoms with van der Waals surface area (Å²) in [5.74, 6) is 0. The lowest BCUT2D eigenvalue weighted by molar-refractivity contribution is 1.19. The summed E-state index contributed by atoms with van der Waals surface area (Å²) in [4.78, 5) is 0. The molecular formula is C14H14ClN. The van der Waals surface area contributed by atoms with Gasteiger partial charge in [0.1, 0.15) is 0 Å². The number of nitrogen functional groups attached to an aromatic ring is 1. The van der Waals surface area contributed by atoms with E-state index in [2.05, 4.69) is 31.2 Å². The van der Waals surface area contributed by atoms with E-state index in [1.165, 1.54) is 11.1 Å². The van der Waals surface area contributed by atoms with Gasteiger partial charge in [0.2, 0.25) is 0 Å². The van der Waals surface area contributed by atoms with Gasteiger partial charge in [0, 0.05) is 10.7 Å². The Morgan fingerprint density at radius 1 is 1.12 bits per heavy atom. The topological polar surface area (TPSA) is 26.0 Å². The third-order valence-corrected chi connectivity index (χ3v) is 2.82. The van der Waals surface area contributed by atoms with Crippen LogP contribution < -0.4 is 5.73 Å². The molecule has 2 heteroatoms. The number of rotatable bonds is 2.